The number of carbonyl (C=O) groups is 1. The molecule has 104 valence electrons. The molecule has 2 aromatic heterocycles. The Kier molecular flexibility index (Phi) is 3.78. The minimum atomic E-state index is 0.127. The van der Waals surface area contributed by atoms with Gasteiger partial charge in [-0.15, -0.1) is 11.3 Å². The standard InChI is InChI=1S/C15H17N3OS/c1-11-13(15(19)18-9-5-2-6-10-18)20-14(17-11)12-7-3-4-8-16-12/h3-4,7-8H,2,5-6,9-10H2,1H3. The first kappa shape index (κ1) is 13.2. The van der Waals surface area contributed by atoms with Gasteiger partial charge in [0.15, 0.2) is 0 Å². The van der Waals surface area contributed by atoms with Crippen LogP contribution < -0.4 is 0 Å². The van der Waals surface area contributed by atoms with Crippen molar-refractivity contribution in [1.82, 2.24) is 14.9 Å². The molecule has 5 heteroatoms. The summed E-state index contributed by atoms with van der Waals surface area (Å²) in [5.74, 6) is 0.127. The number of nitrogens with zero attached hydrogens (tertiary/aromatic N) is 3. The Bertz CT molecular complexity index is 603. The molecule has 0 atom stereocenters. The van der Waals surface area contributed by atoms with Crippen LogP contribution in [0.3, 0.4) is 0 Å². The van der Waals surface area contributed by atoms with Crippen LogP contribution in [0.25, 0.3) is 10.7 Å². The summed E-state index contributed by atoms with van der Waals surface area (Å²) < 4.78 is 0. The smallest absolute Gasteiger partial charge is 0.265 e. The Morgan fingerprint density at radius 3 is 2.75 bits per heavy atom. The van der Waals surface area contributed by atoms with Crippen LogP contribution in [0.2, 0.25) is 0 Å². The number of rotatable bonds is 2. The second-order valence-corrected chi connectivity index (χ2v) is 6.00. The van der Waals surface area contributed by atoms with Crippen LogP contribution in [0.5, 0.6) is 0 Å². The van der Waals surface area contributed by atoms with Crippen LogP contribution in [-0.2, 0) is 0 Å². The number of piperidine rings is 1. The molecule has 0 radical (unpaired) electrons. The highest BCUT2D eigenvalue weighted by molar-refractivity contribution is 7.17. The molecule has 1 aliphatic heterocycles. The molecule has 0 aromatic carbocycles. The maximum Gasteiger partial charge on any atom is 0.265 e. The molecular formula is C15H17N3OS. The lowest BCUT2D eigenvalue weighted by atomic mass is 10.1. The Labute approximate surface area is 122 Å². The largest absolute Gasteiger partial charge is 0.338 e. The number of pyridine rings is 1. The van der Waals surface area contributed by atoms with E-state index in [2.05, 4.69) is 9.97 Å². The number of aryl methyl sites for hydroxylation is 1. The molecule has 1 amide bonds. The molecule has 0 saturated carbocycles. The molecule has 0 bridgehead atoms. The van der Waals surface area contributed by atoms with E-state index in [1.807, 2.05) is 30.0 Å². The fourth-order valence-corrected chi connectivity index (χ4v) is 3.45. The number of aromatic nitrogens is 2. The van der Waals surface area contributed by atoms with Gasteiger partial charge >= 0.3 is 0 Å². The number of carbonyl (C=O) groups excluding carboxylic acids is 1. The summed E-state index contributed by atoms with van der Waals surface area (Å²) in [5.41, 5.74) is 1.64. The molecule has 0 aliphatic carbocycles. The lowest BCUT2D eigenvalue weighted by Crippen LogP contribution is -2.35. The van der Waals surface area contributed by atoms with Gasteiger partial charge in [-0.05, 0) is 38.3 Å². The zero-order chi connectivity index (χ0) is 13.9. The highest BCUT2D eigenvalue weighted by Gasteiger charge is 2.23. The molecule has 1 aliphatic rings. The van der Waals surface area contributed by atoms with Crippen LogP contribution >= 0.6 is 11.3 Å². The summed E-state index contributed by atoms with van der Waals surface area (Å²) in [6.45, 7) is 3.64. The topological polar surface area (TPSA) is 46.1 Å². The highest BCUT2D eigenvalue weighted by atomic mass is 32.1. The molecular weight excluding hydrogens is 270 g/mol. The highest BCUT2D eigenvalue weighted by Crippen LogP contribution is 2.28. The van der Waals surface area contributed by atoms with Crippen molar-refractivity contribution < 1.29 is 4.79 Å². The zero-order valence-electron chi connectivity index (χ0n) is 11.5. The van der Waals surface area contributed by atoms with E-state index in [1.54, 1.807) is 6.20 Å². The van der Waals surface area contributed by atoms with Gasteiger partial charge in [0.1, 0.15) is 9.88 Å². The maximum absolute atomic E-state index is 12.5. The minimum Gasteiger partial charge on any atom is -0.338 e. The van der Waals surface area contributed by atoms with E-state index in [-0.39, 0.29) is 5.91 Å². The number of thiazole rings is 1. The number of hydrogen-bond acceptors (Lipinski definition) is 4. The Morgan fingerprint density at radius 1 is 1.25 bits per heavy atom. The van der Waals surface area contributed by atoms with Gasteiger partial charge in [-0.3, -0.25) is 9.78 Å². The van der Waals surface area contributed by atoms with Gasteiger partial charge < -0.3 is 4.90 Å². The first-order valence-electron chi connectivity index (χ1n) is 6.94. The Morgan fingerprint density at radius 2 is 2.05 bits per heavy atom. The molecule has 1 fully saturated rings. The van der Waals surface area contributed by atoms with Gasteiger partial charge in [0.25, 0.3) is 5.91 Å². The van der Waals surface area contributed by atoms with Crippen LogP contribution in [0.15, 0.2) is 24.4 Å². The third-order valence-electron chi connectivity index (χ3n) is 3.52. The average Bonchev–Trinajstić information content (AvgIpc) is 2.90. The Hall–Kier alpha value is -1.75. The van der Waals surface area contributed by atoms with Crippen LogP contribution in [0.4, 0.5) is 0 Å². The molecule has 0 N–H and O–H groups in total. The van der Waals surface area contributed by atoms with Crippen molar-refractivity contribution in [3.05, 3.63) is 35.0 Å². The van der Waals surface area contributed by atoms with Gasteiger partial charge in [0.05, 0.1) is 11.4 Å². The molecule has 20 heavy (non-hydrogen) atoms. The summed E-state index contributed by atoms with van der Waals surface area (Å²) in [6.07, 6.45) is 5.19. The van der Waals surface area contributed by atoms with E-state index >= 15 is 0 Å². The van der Waals surface area contributed by atoms with Crippen LogP contribution in [0, 0.1) is 6.92 Å². The van der Waals surface area contributed by atoms with Gasteiger partial charge in [-0.1, -0.05) is 6.07 Å². The van der Waals surface area contributed by atoms with Crippen molar-refractivity contribution in [1.29, 1.82) is 0 Å². The van der Waals surface area contributed by atoms with Crippen molar-refractivity contribution in [3.8, 4) is 10.7 Å². The quantitative estimate of drug-likeness (QED) is 0.852. The Balaban J connectivity index is 1.87. The van der Waals surface area contributed by atoms with E-state index < -0.39 is 0 Å². The summed E-state index contributed by atoms with van der Waals surface area (Å²) in [7, 11) is 0. The normalized spacial score (nSPS) is 15.3. The van der Waals surface area contributed by atoms with Crippen molar-refractivity contribution in [2.75, 3.05) is 13.1 Å². The zero-order valence-corrected chi connectivity index (χ0v) is 12.3. The van der Waals surface area contributed by atoms with E-state index in [0.717, 1.165) is 47.2 Å². The fourth-order valence-electron chi connectivity index (χ4n) is 2.43. The average molecular weight is 287 g/mol. The summed E-state index contributed by atoms with van der Waals surface area (Å²) in [5, 5.41) is 0.823. The molecule has 1 saturated heterocycles. The molecule has 3 heterocycles. The van der Waals surface area contributed by atoms with Crippen molar-refractivity contribution in [2.45, 2.75) is 26.2 Å². The molecule has 2 aromatic rings. The van der Waals surface area contributed by atoms with Crippen LogP contribution in [0.1, 0.15) is 34.6 Å². The first-order chi connectivity index (χ1) is 9.75. The first-order valence-corrected chi connectivity index (χ1v) is 7.75. The van der Waals surface area contributed by atoms with E-state index in [4.69, 9.17) is 0 Å². The minimum absolute atomic E-state index is 0.127. The van der Waals surface area contributed by atoms with Crippen molar-refractivity contribution in [3.63, 3.8) is 0 Å². The number of hydrogen-bond donors (Lipinski definition) is 0. The third-order valence-corrected chi connectivity index (χ3v) is 4.69. The van der Waals surface area contributed by atoms with Gasteiger partial charge in [0.2, 0.25) is 0 Å². The SMILES string of the molecule is Cc1nc(-c2ccccn2)sc1C(=O)N1CCCCC1. The second kappa shape index (κ2) is 5.71. The molecule has 3 rings (SSSR count). The van der Waals surface area contributed by atoms with E-state index in [1.165, 1.54) is 17.8 Å². The second-order valence-electron chi connectivity index (χ2n) is 5.00. The van der Waals surface area contributed by atoms with E-state index in [9.17, 15) is 4.79 Å². The van der Waals surface area contributed by atoms with Gasteiger partial charge in [0, 0.05) is 19.3 Å². The summed E-state index contributed by atoms with van der Waals surface area (Å²) >= 11 is 1.45. The molecule has 4 nitrogen and oxygen atoms in total. The van der Waals surface area contributed by atoms with E-state index in [0.29, 0.717) is 0 Å². The molecule has 0 spiro atoms. The number of amides is 1. The third kappa shape index (κ3) is 2.58. The monoisotopic (exact) mass is 287 g/mol. The predicted octanol–water partition coefficient (Wildman–Crippen LogP) is 3.14. The number of likely N-dealkylation sites (tertiary alicyclic amines) is 1. The molecule has 0 unspecified atom stereocenters. The lowest BCUT2D eigenvalue weighted by molar-refractivity contribution is 0.0728. The lowest BCUT2D eigenvalue weighted by Gasteiger charge is -2.26. The summed E-state index contributed by atoms with van der Waals surface area (Å²) in [6, 6.07) is 5.74. The maximum atomic E-state index is 12.5. The van der Waals surface area contributed by atoms with Crippen molar-refractivity contribution >= 4 is 17.2 Å². The van der Waals surface area contributed by atoms with Gasteiger partial charge in [-0.2, -0.15) is 0 Å². The van der Waals surface area contributed by atoms with Gasteiger partial charge in [-0.25, -0.2) is 4.98 Å². The summed E-state index contributed by atoms with van der Waals surface area (Å²) in [4.78, 5) is 24.1. The fraction of sp³-hybridized carbons (Fsp3) is 0.400. The van der Waals surface area contributed by atoms with Crippen LogP contribution in [-0.4, -0.2) is 33.9 Å². The van der Waals surface area contributed by atoms with Crippen molar-refractivity contribution in [2.24, 2.45) is 0 Å². The predicted molar refractivity (Wildman–Crippen MR) is 79.8 cm³/mol.